The molecule has 3 heterocycles. The largest absolute Gasteiger partial charge is 0.463 e. The van der Waals surface area contributed by atoms with Crippen LogP contribution in [0, 0.1) is 13.8 Å². The summed E-state index contributed by atoms with van der Waals surface area (Å²) < 4.78 is 11.0. The highest BCUT2D eigenvalue weighted by molar-refractivity contribution is 6.07. The molecule has 6 nitrogen and oxygen atoms in total. The third-order valence-corrected chi connectivity index (χ3v) is 5.79. The second-order valence-electron chi connectivity index (χ2n) is 7.53. The fourth-order valence-electron chi connectivity index (χ4n) is 4.03. The average molecular weight is 370 g/mol. The minimum atomic E-state index is -0.388. The summed E-state index contributed by atoms with van der Waals surface area (Å²) in [5.41, 5.74) is 3.52. The highest BCUT2D eigenvalue weighted by Crippen LogP contribution is 2.28. The number of carbonyl (C=O) groups is 2. The van der Waals surface area contributed by atoms with E-state index in [1.165, 1.54) is 6.26 Å². The zero-order valence-electron chi connectivity index (χ0n) is 16.0. The maximum absolute atomic E-state index is 13.3. The number of carbonyl (C=O) groups excluding carboxylic acids is 2. The van der Waals surface area contributed by atoms with E-state index in [2.05, 4.69) is 0 Å². The van der Waals surface area contributed by atoms with E-state index in [1.807, 2.05) is 30.9 Å². The summed E-state index contributed by atoms with van der Waals surface area (Å²) >= 11 is 0. The van der Waals surface area contributed by atoms with Gasteiger partial charge in [0.1, 0.15) is 17.9 Å². The lowest BCUT2D eigenvalue weighted by Gasteiger charge is -2.38. The molecule has 0 saturated carbocycles. The van der Waals surface area contributed by atoms with Crippen molar-refractivity contribution < 1.29 is 18.7 Å². The molecule has 4 rings (SSSR count). The van der Waals surface area contributed by atoms with Crippen LogP contribution in [-0.2, 0) is 9.53 Å². The van der Waals surface area contributed by atoms with Crippen molar-refractivity contribution >= 4 is 22.8 Å². The smallest absolute Gasteiger partial charge is 0.258 e. The number of hydrogen-bond donors (Lipinski definition) is 0. The first-order chi connectivity index (χ1) is 13.1. The van der Waals surface area contributed by atoms with Crippen LogP contribution in [0.25, 0.3) is 11.0 Å². The summed E-state index contributed by atoms with van der Waals surface area (Å²) in [5.74, 6) is -0.0607. The van der Waals surface area contributed by atoms with Crippen molar-refractivity contribution in [3.8, 4) is 0 Å². The van der Waals surface area contributed by atoms with Crippen LogP contribution in [0.4, 0.5) is 0 Å². The monoisotopic (exact) mass is 370 g/mol. The van der Waals surface area contributed by atoms with Crippen LogP contribution < -0.4 is 0 Å². The minimum Gasteiger partial charge on any atom is -0.463 e. The molecular formula is C21H26N2O4. The molecule has 0 aliphatic carbocycles. The molecule has 2 fully saturated rings. The normalized spacial score (nSPS) is 20.9. The number of rotatable bonds is 2. The molecule has 0 N–H and O–H groups in total. The van der Waals surface area contributed by atoms with E-state index in [0.717, 1.165) is 41.4 Å². The van der Waals surface area contributed by atoms with E-state index < -0.39 is 0 Å². The van der Waals surface area contributed by atoms with Gasteiger partial charge in [0.2, 0.25) is 5.91 Å². The molecule has 1 aromatic carbocycles. The Morgan fingerprint density at radius 2 is 1.78 bits per heavy atom. The van der Waals surface area contributed by atoms with Crippen molar-refractivity contribution in [3.63, 3.8) is 0 Å². The highest BCUT2D eigenvalue weighted by Gasteiger charge is 2.36. The zero-order valence-corrected chi connectivity index (χ0v) is 16.0. The van der Waals surface area contributed by atoms with Crippen LogP contribution in [0.5, 0.6) is 0 Å². The molecular weight excluding hydrogens is 344 g/mol. The van der Waals surface area contributed by atoms with Gasteiger partial charge in [-0.2, -0.15) is 0 Å². The summed E-state index contributed by atoms with van der Waals surface area (Å²) in [5, 5.41) is 0.825. The lowest BCUT2D eigenvalue weighted by Crippen LogP contribution is -2.55. The SMILES string of the molecule is Cc1cc2occ(C(=O)N3CCCCC3C(=O)N3CCOCC3)c2cc1C. The topological polar surface area (TPSA) is 63.0 Å². The van der Waals surface area contributed by atoms with Gasteiger partial charge in [-0.3, -0.25) is 9.59 Å². The Balaban J connectivity index is 1.63. The Morgan fingerprint density at radius 3 is 2.56 bits per heavy atom. The molecule has 27 heavy (non-hydrogen) atoms. The van der Waals surface area contributed by atoms with E-state index in [0.29, 0.717) is 38.4 Å². The summed E-state index contributed by atoms with van der Waals surface area (Å²) in [6, 6.07) is 3.58. The molecule has 0 radical (unpaired) electrons. The Kier molecular flexibility index (Phi) is 4.91. The van der Waals surface area contributed by atoms with Crippen LogP contribution in [0.2, 0.25) is 0 Å². The lowest BCUT2D eigenvalue weighted by molar-refractivity contribution is -0.141. The summed E-state index contributed by atoms with van der Waals surface area (Å²) in [6.45, 7) is 7.00. The van der Waals surface area contributed by atoms with Gasteiger partial charge in [-0.15, -0.1) is 0 Å². The van der Waals surface area contributed by atoms with Crippen molar-refractivity contribution in [2.75, 3.05) is 32.8 Å². The van der Waals surface area contributed by atoms with E-state index in [9.17, 15) is 9.59 Å². The van der Waals surface area contributed by atoms with Crippen LogP contribution in [0.1, 0.15) is 40.7 Å². The molecule has 2 saturated heterocycles. The molecule has 144 valence electrons. The van der Waals surface area contributed by atoms with E-state index in [-0.39, 0.29) is 17.9 Å². The van der Waals surface area contributed by atoms with Crippen molar-refractivity contribution in [2.24, 2.45) is 0 Å². The average Bonchev–Trinajstić information content (AvgIpc) is 3.10. The summed E-state index contributed by atoms with van der Waals surface area (Å²) in [7, 11) is 0. The molecule has 1 aromatic heterocycles. The number of ether oxygens (including phenoxy) is 1. The van der Waals surface area contributed by atoms with Gasteiger partial charge in [0, 0.05) is 25.0 Å². The Morgan fingerprint density at radius 1 is 1.04 bits per heavy atom. The number of morpholine rings is 1. The molecule has 0 spiro atoms. The number of piperidine rings is 1. The number of nitrogens with zero attached hydrogens (tertiary/aromatic N) is 2. The number of hydrogen-bond acceptors (Lipinski definition) is 4. The number of furan rings is 1. The summed E-state index contributed by atoms with van der Waals surface area (Å²) in [4.78, 5) is 30.0. The van der Waals surface area contributed by atoms with Crippen LogP contribution in [-0.4, -0.2) is 60.5 Å². The molecule has 1 atom stereocenters. The number of fused-ring (bicyclic) bond motifs is 1. The first-order valence-electron chi connectivity index (χ1n) is 9.72. The van der Waals surface area contributed by atoms with E-state index in [1.54, 1.807) is 4.90 Å². The third kappa shape index (κ3) is 3.34. The first kappa shape index (κ1) is 18.0. The Hall–Kier alpha value is -2.34. The van der Waals surface area contributed by atoms with Gasteiger partial charge in [0.15, 0.2) is 0 Å². The number of benzene rings is 1. The standard InChI is InChI=1S/C21H26N2O4/c1-14-11-16-17(13-27-19(16)12-15(14)2)20(24)23-6-4-3-5-18(23)21(25)22-7-9-26-10-8-22/h11-13,18H,3-10H2,1-2H3. The highest BCUT2D eigenvalue weighted by atomic mass is 16.5. The minimum absolute atomic E-state index is 0.0474. The van der Waals surface area contributed by atoms with Gasteiger partial charge >= 0.3 is 0 Å². The number of aryl methyl sites for hydroxylation is 2. The van der Waals surface area contributed by atoms with Gasteiger partial charge in [0.25, 0.3) is 5.91 Å². The molecule has 2 amide bonds. The zero-order chi connectivity index (χ0) is 19.0. The fraction of sp³-hybridized carbons (Fsp3) is 0.524. The van der Waals surface area contributed by atoms with Crippen LogP contribution in [0.15, 0.2) is 22.8 Å². The second kappa shape index (κ2) is 7.35. The van der Waals surface area contributed by atoms with Gasteiger partial charge in [-0.05, 0) is 56.4 Å². The van der Waals surface area contributed by atoms with Crippen molar-refractivity contribution in [1.82, 2.24) is 9.80 Å². The van der Waals surface area contributed by atoms with E-state index in [4.69, 9.17) is 9.15 Å². The Bertz CT molecular complexity index is 866. The lowest BCUT2D eigenvalue weighted by atomic mass is 9.98. The van der Waals surface area contributed by atoms with Crippen molar-refractivity contribution in [2.45, 2.75) is 39.2 Å². The summed E-state index contributed by atoms with van der Waals surface area (Å²) in [6.07, 6.45) is 4.15. The van der Waals surface area contributed by atoms with E-state index >= 15 is 0 Å². The fourth-order valence-corrected chi connectivity index (χ4v) is 4.03. The third-order valence-electron chi connectivity index (χ3n) is 5.79. The van der Waals surface area contributed by atoms with Gasteiger partial charge < -0.3 is 19.0 Å². The van der Waals surface area contributed by atoms with Gasteiger partial charge in [0.05, 0.1) is 18.8 Å². The molecule has 1 unspecified atom stereocenters. The first-order valence-corrected chi connectivity index (χ1v) is 9.72. The molecule has 2 aliphatic heterocycles. The number of likely N-dealkylation sites (tertiary alicyclic amines) is 1. The maximum atomic E-state index is 13.3. The van der Waals surface area contributed by atoms with Crippen LogP contribution >= 0.6 is 0 Å². The predicted molar refractivity (Wildman–Crippen MR) is 102 cm³/mol. The number of amides is 2. The molecule has 6 heteroatoms. The Labute approximate surface area is 159 Å². The van der Waals surface area contributed by atoms with Crippen LogP contribution in [0.3, 0.4) is 0 Å². The second-order valence-corrected chi connectivity index (χ2v) is 7.53. The maximum Gasteiger partial charge on any atom is 0.258 e. The predicted octanol–water partition coefficient (Wildman–Crippen LogP) is 2.90. The molecule has 2 aliphatic rings. The quantitative estimate of drug-likeness (QED) is 0.815. The van der Waals surface area contributed by atoms with Gasteiger partial charge in [-0.1, -0.05) is 0 Å². The molecule has 2 aromatic rings. The molecule has 0 bridgehead atoms. The van der Waals surface area contributed by atoms with Gasteiger partial charge in [-0.25, -0.2) is 0 Å². The van der Waals surface area contributed by atoms with Crippen molar-refractivity contribution in [3.05, 3.63) is 35.1 Å². The van der Waals surface area contributed by atoms with Crippen molar-refractivity contribution in [1.29, 1.82) is 0 Å².